The van der Waals surface area contributed by atoms with E-state index in [4.69, 9.17) is 5.11 Å². The number of carboxylic acid groups (broad SMARTS) is 1. The van der Waals surface area contributed by atoms with Crippen LogP contribution in [0.3, 0.4) is 0 Å². The molecule has 0 bridgehead atoms. The SMILES string of the molecule is O=C(O)C(=O)NC(=O)C1(NCc2ccccc2)CCCCC1. The molecule has 0 aromatic heterocycles. The van der Waals surface area contributed by atoms with Crippen LogP contribution in [0.5, 0.6) is 0 Å². The normalized spacial score (nSPS) is 16.7. The highest BCUT2D eigenvalue weighted by atomic mass is 16.4. The summed E-state index contributed by atoms with van der Waals surface area (Å²) in [6.07, 6.45) is 3.97. The minimum absolute atomic E-state index is 0.496. The third-order valence-corrected chi connectivity index (χ3v) is 4.04. The van der Waals surface area contributed by atoms with Crippen molar-refractivity contribution < 1.29 is 19.5 Å². The van der Waals surface area contributed by atoms with Gasteiger partial charge in [0, 0.05) is 6.54 Å². The van der Waals surface area contributed by atoms with Gasteiger partial charge in [-0.3, -0.25) is 20.2 Å². The fourth-order valence-electron chi connectivity index (χ4n) is 2.78. The van der Waals surface area contributed by atoms with E-state index in [9.17, 15) is 14.4 Å². The molecule has 22 heavy (non-hydrogen) atoms. The average molecular weight is 304 g/mol. The molecule has 1 saturated carbocycles. The van der Waals surface area contributed by atoms with E-state index in [1.54, 1.807) is 0 Å². The predicted octanol–water partition coefficient (Wildman–Crippen LogP) is 1.21. The molecular weight excluding hydrogens is 284 g/mol. The number of amides is 2. The van der Waals surface area contributed by atoms with Crippen LogP contribution in [-0.4, -0.2) is 28.4 Å². The maximum absolute atomic E-state index is 12.4. The van der Waals surface area contributed by atoms with Gasteiger partial charge in [0.1, 0.15) is 0 Å². The molecule has 2 rings (SSSR count). The molecule has 0 saturated heterocycles. The van der Waals surface area contributed by atoms with Crippen molar-refractivity contribution in [2.45, 2.75) is 44.2 Å². The van der Waals surface area contributed by atoms with E-state index >= 15 is 0 Å². The summed E-state index contributed by atoms with van der Waals surface area (Å²) in [5.74, 6) is -3.48. The molecular formula is C16H20N2O4. The number of aliphatic carboxylic acids is 1. The maximum atomic E-state index is 12.4. The number of carbonyl (C=O) groups is 3. The Kier molecular flexibility index (Phi) is 5.27. The third-order valence-electron chi connectivity index (χ3n) is 4.04. The number of nitrogens with one attached hydrogen (secondary N) is 2. The number of carbonyl (C=O) groups excluding carboxylic acids is 2. The van der Waals surface area contributed by atoms with Gasteiger partial charge >= 0.3 is 11.9 Å². The molecule has 0 atom stereocenters. The van der Waals surface area contributed by atoms with Gasteiger partial charge in [-0.1, -0.05) is 49.6 Å². The number of rotatable bonds is 4. The highest BCUT2D eigenvalue weighted by Crippen LogP contribution is 2.29. The minimum atomic E-state index is -1.65. The second-order valence-electron chi connectivity index (χ2n) is 5.57. The fraction of sp³-hybridized carbons (Fsp3) is 0.438. The molecule has 6 heteroatoms. The lowest BCUT2D eigenvalue weighted by Crippen LogP contribution is -2.59. The van der Waals surface area contributed by atoms with Crippen LogP contribution in [0.25, 0.3) is 0 Å². The molecule has 1 aliphatic carbocycles. The zero-order chi connectivity index (χ0) is 16.0. The lowest BCUT2D eigenvalue weighted by Gasteiger charge is -2.36. The van der Waals surface area contributed by atoms with E-state index in [-0.39, 0.29) is 0 Å². The Labute approximate surface area is 128 Å². The van der Waals surface area contributed by atoms with Crippen LogP contribution in [0.2, 0.25) is 0 Å². The van der Waals surface area contributed by atoms with Gasteiger partial charge in [-0.2, -0.15) is 0 Å². The van der Waals surface area contributed by atoms with Crippen molar-refractivity contribution in [3.05, 3.63) is 35.9 Å². The number of imide groups is 1. The van der Waals surface area contributed by atoms with Crippen LogP contribution < -0.4 is 10.6 Å². The quantitative estimate of drug-likeness (QED) is 0.727. The topological polar surface area (TPSA) is 95.5 Å². The van der Waals surface area contributed by atoms with Crippen LogP contribution in [0.4, 0.5) is 0 Å². The lowest BCUT2D eigenvalue weighted by molar-refractivity contribution is -0.152. The van der Waals surface area contributed by atoms with Crippen molar-refractivity contribution in [3.8, 4) is 0 Å². The monoisotopic (exact) mass is 304 g/mol. The van der Waals surface area contributed by atoms with E-state index < -0.39 is 23.3 Å². The van der Waals surface area contributed by atoms with E-state index in [0.717, 1.165) is 24.8 Å². The molecule has 1 aliphatic rings. The smallest absolute Gasteiger partial charge is 0.394 e. The molecule has 0 aliphatic heterocycles. The van der Waals surface area contributed by atoms with Crippen molar-refractivity contribution in [1.82, 2.24) is 10.6 Å². The van der Waals surface area contributed by atoms with Crippen molar-refractivity contribution in [2.75, 3.05) is 0 Å². The van der Waals surface area contributed by atoms with Gasteiger partial charge in [0.2, 0.25) is 5.91 Å². The second kappa shape index (κ2) is 7.17. The molecule has 0 heterocycles. The molecule has 0 unspecified atom stereocenters. The summed E-state index contributed by atoms with van der Waals surface area (Å²) in [5.41, 5.74) is 0.156. The Balaban J connectivity index is 2.08. The van der Waals surface area contributed by atoms with Crippen LogP contribution in [0.1, 0.15) is 37.7 Å². The second-order valence-corrected chi connectivity index (χ2v) is 5.57. The Morgan fingerprint density at radius 2 is 1.68 bits per heavy atom. The average Bonchev–Trinajstić information content (AvgIpc) is 2.54. The summed E-state index contributed by atoms with van der Waals surface area (Å²) in [4.78, 5) is 34.3. The molecule has 1 fully saturated rings. The van der Waals surface area contributed by atoms with E-state index in [0.29, 0.717) is 19.4 Å². The van der Waals surface area contributed by atoms with Crippen LogP contribution in [0, 0.1) is 0 Å². The first-order valence-electron chi connectivity index (χ1n) is 7.41. The zero-order valence-corrected chi connectivity index (χ0v) is 12.3. The molecule has 1 aromatic rings. The van der Waals surface area contributed by atoms with Gasteiger partial charge in [0.05, 0.1) is 5.54 Å². The first-order valence-corrected chi connectivity index (χ1v) is 7.41. The summed E-state index contributed by atoms with van der Waals surface area (Å²) in [5, 5.41) is 13.9. The highest BCUT2D eigenvalue weighted by molar-refractivity contribution is 6.35. The molecule has 1 aromatic carbocycles. The summed E-state index contributed by atoms with van der Waals surface area (Å²) >= 11 is 0. The molecule has 118 valence electrons. The molecule has 2 amide bonds. The van der Waals surface area contributed by atoms with Gasteiger partial charge in [-0.05, 0) is 18.4 Å². The number of benzene rings is 1. The Morgan fingerprint density at radius 3 is 2.27 bits per heavy atom. The summed E-state index contributed by atoms with van der Waals surface area (Å²) in [6, 6.07) is 9.64. The lowest BCUT2D eigenvalue weighted by atomic mass is 9.80. The Morgan fingerprint density at radius 1 is 1.05 bits per heavy atom. The Hall–Kier alpha value is -2.21. The zero-order valence-electron chi connectivity index (χ0n) is 12.3. The first-order chi connectivity index (χ1) is 10.5. The van der Waals surface area contributed by atoms with Gasteiger partial charge in [0.15, 0.2) is 0 Å². The van der Waals surface area contributed by atoms with Crippen molar-refractivity contribution in [2.24, 2.45) is 0 Å². The van der Waals surface area contributed by atoms with Crippen molar-refractivity contribution in [3.63, 3.8) is 0 Å². The summed E-state index contributed by atoms with van der Waals surface area (Å²) in [6.45, 7) is 0.496. The molecule has 0 spiro atoms. The first kappa shape index (κ1) is 16.2. The molecule has 3 N–H and O–H groups in total. The predicted molar refractivity (Wildman–Crippen MR) is 79.9 cm³/mol. The van der Waals surface area contributed by atoms with Crippen molar-refractivity contribution >= 4 is 17.8 Å². The van der Waals surface area contributed by atoms with Crippen LogP contribution >= 0.6 is 0 Å². The van der Waals surface area contributed by atoms with E-state index in [1.807, 2.05) is 35.6 Å². The summed E-state index contributed by atoms with van der Waals surface area (Å²) in [7, 11) is 0. The fourth-order valence-corrected chi connectivity index (χ4v) is 2.78. The minimum Gasteiger partial charge on any atom is -0.474 e. The van der Waals surface area contributed by atoms with Crippen LogP contribution in [-0.2, 0) is 20.9 Å². The van der Waals surface area contributed by atoms with Crippen molar-refractivity contribution in [1.29, 1.82) is 0 Å². The van der Waals surface area contributed by atoms with E-state index in [2.05, 4.69) is 5.32 Å². The van der Waals surface area contributed by atoms with Gasteiger partial charge < -0.3 is 5.11 Å². The number of carboxylic acids is 1. The van der Waals surface area contributed by atoms with Gasteiger partial charge in [0.25, 0.3) is 0 Å². The Bertz CT molecular complexity index is 551. The largest absolute Gasteiger partial charge is 0.474 e. The molecule has 0 radical (unpaired) electrons. The maximum Gasteiger partial charge on any atom is 0.394 e. The number of hydrogen-bond donors (Lipinski definition) is 3. The van der Waals surface area contributed by atoms with E-state index in [1.165, 1.54) is 0 Å². The molecule has 6 nitrogen and oxygen atoms in total. The van der Waals surface area contributed by atoms with Crippen LogP contribution in [0.15, 0.2) is 30.3 Å². The standard InChI is InChI=1S/C16H20N2O4/c19-13(14(20)21)18-15(22)16(9-5-2-6-10-16)17-11-12-7-3-1-4-8-12/h1,3-4,7-8,17H,2,5-6,9-11H2,(H,20,21)(H,18,19,22). The number of hydrogen-bond acceptors (Lipinski definition) is 4. The van der Waals surface area contributed by atoms with Gasteiger partial charge in [-0.15, -0.1) is 0 Å². The van der Waals surface area contributed by atoms with Gasteiger partial charge in [-0.25, -0.2) is 4.79 Å². The summed E-state index contributed by atoms with van der Waals surface area (Å²) < 4.78 is 0. The third kappa shape index (κ3) is 3.92. The highest BCUT2D eigenvalue weighted by Gasteiger charge is 2.40.